The van der Waals surface area contributed by atoms with Gasteiger partial charge in [-0.05, 0) is 37.3 Å². The average molecular weight is 290 g/mol. The largest absolute Gasteiger partial charge is 0.495 e. The van der Waals surface area contributed by atoms with E-state index in [9.17, 15) is 4.79 Å². The zero-order valence-electron chi connectivity index (χ0n) is 11.1. The van der Waals surface area contributed by atoms with Gasteiger partial charge < -0.3 is 20.2 Å². The minimum atomic E-state index is -0.348. The molecule has 104 valence electrons. The molecule has 0 radical (unpaired) electrons. The molecule has 0 spiro atoms. The van der Waals surface area contributed by atoms with Crippen LogP contribution in [0.4, 0.5) is 5.69 Å². The van der Waals surface area contributed by atoms with E-state index < -0.39 is 0 Å². The molecular formula is C14H14N2O3S. The number of carbonyl (C=O) groups is 1. The SMILES string of the molecule is COc1cc(C(N)=S)ccc1NC(=O)c1ccc(C)o1. The van der Waals surface area contributed by atoms with Gasteiger partial charge in [0.25, 0.3) is 5.91 Å². The summed E-state index contributed by atoms with van der Waals surface area (Å²) in [4.78, 5) is 12.3. The Hall–Kier alpha value is -2.34. The highest BCUT2D eigenvalue weighted by Crippen LogP contribution is 2.26. The second kappa shape index (κ2) is 5.75. The van der Waals surface area contributed by atoms with E-state index in [4.69, 9.17) is 27.1 Å². The Morgan fingerprint density at radius 2 is 2.10 bits per heavy atom. The van der Waals surface area contributed by atoms with Crippen molar-refractivity contribution in [2.24, 2.45) is 5.73 Å². The maximum absolute atomic E-state index is 12.0. The van der Waals surface area contributed by atoms with E-state index in [1.807, 2.05) is 0 Å². The van der Waals surface area contributed by atoms with Gasteiger partial charge in [0.15, 0.2) is 5.76 Å². The Labute approximate surface area is 121 Å². The van der Waals surface area contributed by atoms with Gasteiger partial charge in [-0.2, -0.15) is 0 Å². The number of ether oxygens (including phenoxy) is 1. The predicted molar refractivity (Wildman–Crippen MR) is 80.3 cm³/mol. The molecule has 2 rings (SSSR count). The molecule has 0 saturated carbocycles. The molecule has 0 atom stereocenters. The van der Waals surface area contributed by atoms with E-state index in [2.05, 4.69) is 5.32 Å². The van der Waals surface area contributed by atoms with Crippen LogP contribution >= 0.6 is 12.2 Å². The topological polar surface area (TPSA) is 77.5 Å². The number of benzene rings is 1. The highest BCUT2D eigenvalue weighted by molar-refractivity contribution is 7.80. The van der Waals surface area contributed by atoms with Crippen molar-refractivity contribution in [3.05, 3.63) is 47.4 Å². The zero-order valence-corrected chi connectivity index (χ0v) is 11.9. The van der Waals surface area contributed by atoms with E-state index in [1.165, 1.54) is 7.11 Å². The molecule has 1 amide bonds. The number of methoxy groups -OCH3 is 1. The lowest BCUT2D eigenvalue weighted by Crippen LogP contribution is -2.13. The molecule has 1 aromatic carbocycles. The van der Waals surface area contributed by atoms with Crippen molar-refractivity contribution in [3.8, 4) is 5.75 Å². The molecule has 0 aliphatic heterocycles. The Morgan fingerprint density at radius 1 is 1.35 bits per heavy atom. The zero-order chi connectivity index (χ0) is 14.7. The summed E-state index contributed by atoms with van der Waals surface area (Å²) in [6.45, 7) is 1.77. The van der Waals surface area contributed by atoms with Crippen molar-refractivity contribution in [2.75, 3.05) is 12.4 Å². The van der Waals surface area contributed by atoms with Crippen LogP contribution in [-0.2, 0) is 0 Å². The Kier molecular flexibility index (Phi) is 4.05. The normalized spacial score (nSPS) is 10.1. The second-order valence-corrected chi connectivity index (χ2v) is 4.58. The van der Waals surface area contributed by atoms with Crippen molar-refractivity contribution in [1.82, 2.24) is 0 Å². The fourth-order valence-electron chi connectivity index (χ4n) is 1.69. The number of amides is 1. The number of rotatable bonds is 4. The summed E-state index contributed by atoms with van der Waals surface area (Å²) in [6, 6.07) is 8.41. The van der Waals surface area contributed by atoms with E-state index in [1.54, 1.807) is 37.3 Å². The third kappa shape index (κ3) is 2.97. The molecule has 0 fully saturated rings. The first-order chi connectivity index (χ1) is 9.51. The fourth-order valence-corrected chi connectivity index (χ4v) is 1.82. The number of thiocarbonyl (C=S) groups is 1. The second-order valence-electron chi connectivity index (χ2n) is 4.14. The average Bonchev–Trinajstić information content (AvgIpc) is 2.85. The summed E-state index contributed by atoms with van der Waals surface area (Å²) in [7, 11) is 1.51. The first kappa shape index (κ1) is 14.1. The lowest BCUT2D eigenvalue weighted by Gasteiger charge is -2.10. The third-order valence-corrected chi connectivity index (χ3v) is 2.93. The molecule has 3 N–H and O–H groups in total. The molecule has 6 heteroatoms. The molecular weight excluding hydrogens is 276 g/mol. The van der Waals surface area contributed by atoms with Crippen LogP contribution in [-0.4, -0.2) is 18.0 Å². The maximum Gasteiger partial charge on any atom is 0.291 e. The quantitative estimate of drug-likeness (QED) is 0.846. The maximum atomic E-state index is 12.0. The molecule has 1 aromatic heterocycles. The molecule has 2 aromatic rings. The number of nitrogens with two attached hydrogens (primary N) is 1. The molecule has 5 nitrogen and oxygen atoms in total. The highest BCUT2D eigenvalue weighted by atomic mass is 32.1. The summed E-state index contributed by atoms with van der Waals surface area (Å²) in [5, 5.41) is 2.72. The monoisotopic (exact) mass is 290 g/mol. The molecule has 0 aliphatic rings. The lowest BCUT2D eigenvalue weighted by atomic mass is 10.2. The highest BCUT2D eigenvalue weighted by Gasteiger charge is 2.13. The van der Waals surface area contributed by atoms with Crippen LogP contribution in [0.15, 0.2) is 34.7 Å². The van der Waals surface area contributed by atoms with Gasteiger partial charge in [0.1, 0.15) is 16.5 Å². The standard InChI is InChI=1S/C14H14N2O3S/c1-8-3-6-11(19-8)14(17)16-10-5-4-9(13(15)20)7-12(10)18-2/h3-7H,1-2H3,(H2,15,20)(H,16,17). The molecule has 1 heterocycles. The van der Waals surface area contributed by atoms with Crippen LogP contribution in [0.5, 0.6) is 5.75 Å². The number of furan rings is 1. The van der Waals surface area contributed by atoms with Crippen molar-refractivity contribution in [2.45, 2.75) is 6.92 Å². The van der Waals surface area contributed by atoms with Gasteiger partial charge >= 0.3 is 0 Å². The third-order valence-electron chi connectivity index (χ3n) is 2.70. The first-order valence-corrected chi connectivity index (χ1v) is 6.27. The van der Waals surface area contributed by atoms with E-state index in [0.29, 0.717) is 22.8 Å². The van der Waals surface area contributed by atoms with Crippen LogP contribution in [0, 0.1) is 6.92 Å². The van der Waals surface area contributed by atoms with Crippen molar-refractivity contribution in [1.29, 1.82) is 0 Å². The smallest absolute Gasteiger partial charge is 0.291 e. The number of nitrogens with one attached hydrogen (secondary N) is 1. The number of aryl methyl sites for hydroxylation is 1. The van der Waals surface area contributed by atoms with E-state index in [-0.39, 0.29) is 16.7 Å². The van der Waals surface area contributed by atoms with Crippen LogP contribution in [0.25, 0.3) is 0 Å². The van der Waals surface area contributed by atoms with Gasteiger partial charge in [-0.3, -0.25) is 4.79 Å². The Morgan fingerprint density at radius 3 is 2.65 bits per heavy atom. The van der Waals surface area contributed by atoms with E-state index in [0.717, 1.165) is 0 Å². The molecule has 20 heavy (non-hydrogen) atoms. The Balaban J connectivity index is 2.25. The summed E-state index contributed by atoms with van der Waals surface area (Å²) in [6.07, 6.45) is 0. The van der Waals surface area contributed by atoms with Gasteiger partial charge in [0, 0.05) is 5.56 Å². The van der Waals surface area contributed by atoms with Crippen LogP contribution in [0.3, 0.4) is 0 Å². The number of hydrogen-bond acceptors (Lipinski definition) is 4. The number of hydrogen-bond donors (Lipinski definition) is 2. The molecule has 0 saturated heterocycles. The summed E-state index contributed by atoms with van der Waals surface area (Å²) in [5.41, 5.74) is 6.75. The number of anilines is 1. The summed E-state index contributed by atoms with van der Waals surface area (Å²) in [5.74, 6) is 1.04. The number of carbonyl (C=O) groups excluding carboxylic acids is 1. The van der Waals surface area contributed by atoms with Gasteiger partial charge in [-0.1, -0.05) is 12.2 Å². The summed E-state index contributed by atoms with van der Waals surface area (Å²) >= 11 is 4.90. The van der Waals surface area contributed by atoms with Crippen LogP contribution in [0.2, 0.25) is 0 Å². The molecule has 0 unspecified atom stereocenters. The summed E-state index contributed by atoms with van der Waals surface area (Å²) < 4.78 is 10.5. The van der Waals surface area contributed by atoms with Gasteiger partial charge in [-0.15, -0.1) is 0 Å². The fraction of sp³-hybridized carbons (Fsp3) is 0.143. The minimum absolute atomic E-state index is 0.239. The minimum Gasteiger partial charge on any atom is -0.495 e. The molecule has 0 bridgehead atoms. The van der Waals surface area contributed by atoms with Gasteiger partial charge in [-0.25, -0.2) is 0 Å². The Bertz CT molecular complexity index is 664. The van der Waals surface area contributed by atoms with Crippen molar-refractivity contribution >= 4 is 28.8 Å². The lowest BCUT2D eigenvalue weighted by molar-refractivity contribution is 0.0995. The van der Waals surface area contributed by atoms with Gasteiger partial charge in [0.2, 0.25) is 0 Å². The van der Waals surface area contributed by atoms with Crippen molar-refractivity contribution in [3.63, 3.8) is 0 Å². The molecule has 0 aliphatic carbocycles. The predicted octanol–water partition coefficient (Wildman–Crippen LogP) is 2.48. The first-order valence-electron chi connectivity index (χ1n) is 5.87. The van der Waals surface area contributed by atoms with Crippen molar-refractivity contribution < 1.29 is 13.9 Å². The van der Waals surface area contributed by atoms with E-state index >= 15 is 0 Å². The van der Waals surface area contributed by atoms with Crippen LogP contribution in [0.1, 0.15) is 21.9 Å². The van der Waals surface area contributed by atoms with Gasteiger partial charge in [0.05, 0.1) is 12.8 Å². The van der Waals surface area contributed by atoms with Crippen LogP contribution < -0.4 is 15.8 Å².